The molecule has 0 aliphatic carbocycles. The molecule has 0 bridgehead atoms. The summed E-state index contributed by atoms with van der Waals surface area (Å²) < 4.78 is 5.26. The number of halogens is 2. The van der Waals surface area contributed by atoms with Crippen LogP contribution in [0.3, 0.4) is 0 Å². The topological polar surface area (TPSA) is 55.4 Å². The molecule has 4 nitrogen and oxygen atoms in total. The highest BCUT2D eigenvalue weighted by Gasteiger charge is 2.21. The average Bonchev–Trinajstić information content (AvgIpc) is 2.70. The number of rotatable bonds is 5. The summed E-state index contributed by atoms with van der Waals surface area (Å²) in [5, 5.41) is 3.37. The van der Waals surface area contributed by atoms with Gasteiger partial charge in [0.15, 0.2) is 6.10 Å². The zero-order valence-corrected chi connectivity index (χ0v) is 16.5. The molecule has 0 aliphatic rings. The SMILES string of the molecule is C[C@H](OC(=O)c1cc(Cl)ccc1Cl)C(=O)Nc1ccccc1-c1ccccc1. The van der Waals surface area contributed by atoms with Gasteiger partial charge in [-0.2, -0.15) is 0 Å². The zero-order chi connectivity index (χ0) is 20.1. The van der Waals surface area contributed by atoms with E-state index in [0.717, 1.165) is 11.1 Å². The number of anilines is 1. The molecule has 0 heterocycles. The fourth-order valence-corrected chi connectivity index (χ4v) is 2.99. The summed E-state index contributed by atoms with van der Waals surface area (Å²) in [4.78, 5) is 24.9. The van der Waals surface area contributed by atoms with Crippen LogP contribution >= 0.6 is 23.2 Å². The molecular weight excluding hydrogens is 397 g/mol. The molecule has 3 rings (SSSR count). The van der Waals surface area contributed by atoms with Crippen LogP contribution in [0, 0.1) is 0 Å². The predicted octanol–water partition coefficient (Wildman–Crippen LogP) is 5.84. The third-order valence-corrected chi connectivity index (χ3v) is 4.64. The van der Waals surface area contributed by atoms with E-state index in [9.17, 15) is 9.59 Å². The number of hydrogen-bond acceptors (Lipinski definition) is 3. The quantitative estimate of drug-likeness (QED) is 0.534. The lowest BCUT2D eigenvalue weighted by Gasteiger charge is -2.16. The summed E-state index contributed by atoms with van der Waals surface area (Å²) >= 11 is 11.9. The molecule has 0 aliphatic heterocycles. The van der Waals surface area contributed by atoms with E-state index >= 15 is 0 Å². The zero-order valence-electron chi connectivity index (χ0n) is 15.0. The standard InChI is InChI=1S/C22H17Cl2NO3/c1-14(28-22(27)18-13-16(23)11-12-19(18)24)21(26)25-20-10-6-5-9-17(20)15-7-3-2-4-8-15/h2-14H,1H3,(H,25,26)/t14-/m0/s1. The summed E-state index contributed by atoms with van der Waals surface area (Å²) in [6.45, 7) is 1.50. The molecule has 1 N–H and O–H groups in total. The van der Waals surface area contributed by atoms with Crippen molar-refractivity contribution in [3.8, 4) is 11.1 Å². The van der Waals surface area contributed by atoms with Gasteiger partial charge < -0.3 is 10.1 Å². The molecular formula is C22H17Cl2NO3. The Bertz CT molecular complexity index is 1010. The number of esters is 1. The number of amides is 1. The van der Waals surface area contributed by atoms with Crippen LogP contribution in [0.25, 0.3) is 11.1 Å². The largest absolute Gasteiger partial charge is 0.449 e. The Morgan fingerprint density at radius 1 is 0.929 bits per heavy atom. The van der Waals surface area contributed by atoms with E-state index < -0.39 is 18.0 Å². The Morgan fingerprint density at radius 2 is 1.61 bits per heavy atom. The maximum Gasteiger partial charge on any atom is 0.340 e. The fourth-order valence-electron chi connectivity index (χ4n) is 2.63. The van der Waals surface area contributed by atoms with Crippen molar-refractivity contribution in [2.45, 2.75) is 13.0 Å². The van der Waals surface area contributed by atoms with Gasteiger partial charge >= 0.3 is 5.97 Å². The first-order chi connectivity index (χ1) is 13.5. The molecule has 0 spiro atoms. The summed E-state index contributed by atoms with van der Waals surface area (Å²) in [6, 6.07) is 21.6. The van der Waals surface area contributed by atoms with Gasteiger partial charge in [0.05, 0.1) is 10.6 Å². The average molecular weight is 414 g/mol. The highest BCUT2D eigenvalue weighted by Crippen LogP contribution is 2.28. The Balaban J connectivity index is 1.73. The normalized spacial score (nSPS) is 11.5. The van der Waals surface area contributed by atoms with Gasteiger partial charge in [0, 0.05) is 16.3 Å². The smallest absolute Gasteiger partial charge is 0.340 e. The number of carbonyl (C=O) groups excluding carboxylic acids is 2. The van der Waals surface area contributed by atoms with Gasteiger partial charge in [0.2, 0.25) is 0 Å². The molecule has 0 aromatic heterocycles. The summed E-state index contributed by atoms with van der Waals surface area (Å²) in [5.41, 5.74) is 2.57. The molecule has 3 aromatic rings. The van der Waals surface area contributed by atoms with Gasteiger partial charge in [-0.05, 0) is 36.8 Å². The van der Waals surface area contributed by atoms with Crippen molar-refractivity contribution in [1.82, 2.24) is 0 Å². The molecule has 3 aromatic carbocycles. The van der Waals surface area contributed by atoms with Crippen molar-refractivity contribution in [3.05, 3.63) is 88.4 Å². The van der Waals surface area contributed by atoms with E-state index in [4.69, 9.17) is 27.9 Å². The molecule has 0 unspecified atom stereocenters. The van der Waals surface area contributed by atoms with E-state index in [1.807, 2.05) is 48.5 Å². The fraction of sp³-hybridized carbons (Fsp3) is 0.0909. The van der Waals surface area contributed by atoms with E-state index in [0.29, 0.717) is 10.7 Å². The lowest BCUT2D eigenvalue weighted by atomic mass is 10.0. The van der Waals surface area contributed by atoms with Crippen LogP contribution in [0.15, 0.2) is 72.8 Å². The molecule has 28 heavy (non-hydrogen) atoms. The van der Waals surface area contributed by atoms with Gasteiger partial charge in [-0.1, -0.05) is 71.7 Å². The molecule has 0 saturated carbocycles. The lowest BCUT2D eigenvalue weighted by Crippen LogP contribution is -2.30. The second-order valence-corrected chi connectivity index (χ2v) is 6.92. The van der Waals surface area contributed by atoms with Gasteiger partial charge in [-0.15, -0.1) is 0 Å². The van der Waals surface area contributed by atoms with Crippen molar-refractivity contribution < 1.29 is 14.3 Å². The van der Waals surface area contributed by atoms with Crippen LogP contribution in [0.1, 0.15) is 17.3 Å². The predicted molar refractivity (Wildman–Crippen MR) is 112 cm³/mol. The van der Waals surface area contributed by atoms with Crippen molar-refractivity contribution in [2.75, 3.05) is 5.32 Å². The number of carbonyl (C=O) groups is 2. The Kier molecular flexibility index (Phi) is 6.34. The molecule has 0 fully saturated rings. The second-order valence-electron chi connectivity index (χ2n) is 6.07. The van der Waals surface area contributed by atoms with E-state index in [1.54, 1.807) is 12.1 Å². The van der Waals surface area contributed by atoms with Crippen LogP contribution < -0.4 is 5.32 Å². The minimum atomic E-state index is -1.02. The summed E-state index contributed by atoms with van der Waals surface area (Å²) in [5.74, 6) is -1.17. The van der Waals surface area contributed by atoms with Crippen molar-refractivity contribution in [2.24, 2.45) is 0 Å². The monoisotopic (exact) mass is 413 g/mol. The third-order valence-electron chi connectivity index (χ3n) is 4.07. The lowest BCUT2D eigenvalue weighted by molar-refractivity contribution is -0.123. The molecule has 6 heteroatoms. The number of hydrogen-bond donors (Lipinski definition) is 1. The highest BCUT2D eigenvalue weighted by atomic mass is 35.5. The van der Waals surface area contributed by atoms with Crippen molar-refractivity contribution >= 4 is 40.8 Å². The number of ether oxygens (including phenoxy) is 1. The van der Waals surface area contributed by atoms with Crippen LogP contribution in [0.4, 0.5) is 5.69 Å². The van der Waals surface area contributed by atoms with E-state index in [2.05, 4.69) is 5.32 Å². The van der Waals surface area contributed by atoms with Crippen LogP contribution in [0.5, 0.6) is 0 Å². The maximum atomic E-state index is 12.6. The van der Waals surface area contributed by atoms with Gasteiger partial charge in [0.1, 0.15) is 0 Å². The van der Waals surface area contributed by atoms with E-state index in [-0.39, 0.29) is 10.6 Å². The van der Waals surface area contributed by atoms with Crippen LogP contribution in [0.2, 0.25) is 10.0 Å². The summed E-state index contributed by atoms with van der Waals surface area (Å²) in [7, 11) is 0. The first-order valence-electron chi connectivity index (χ1n) is 8.57. The Hall–Kier alpha value is -2.82. The number of nitrogens with one attached hydrogen (secondary N) is 1. The molecule has 1 amide bonds. The van der Waals surface area contributed by atoms with Crippen molar-refractivity contribution in [3.63, 3.8) is 0 Å². The minimum absolute atomic E-state index is 0.110. The number of benzene rings is 3. The first kappa shape index (κ1) is 19.9. The Labute approximate surface area is 173 Å². The molecule has 142 valence electrons. The van der Waals surface area contributed by atoms with Gasteiger partial charge in [-0.25, -0.2) is 4.79 Å². The van der Waals surface area contributed by atoms with Crippen molar-refractivity contribution in [1.29, 1.82) is 0 Å². The molecule has 1 atom stereocenters. The second kappa shape index (κ2) is 8.91. The van der Waals surface area contributed by atoms with Crippen LogP contribution in [-0.4, -0.2) is 18.0 Å². The molecule has 0 saturated heterocycles. The van der Waals surface area contributed by atoms with E-state index in [1.165, 1.54) is 19.1 Å². The van der Waals surface area contributed by atoms with Crippen LogP contribution in [-0.2, 0) is 9.53 Å². The number of para-hydroxylation sites is 1. The van der Waals surface area contributed by atoms with Gasteiger partial charge in [0.25, 0.3) is 5.91 Å². The van der Waals surface area contributed by atoms with Gasteiger partial charge in [-0.3, -0.25) is 4.79 Å². The highest BCUT2D eigenvalue weighted by molar-refractivity contribution is 6.35. The summed E-state index contributed by atoms with van der Waals surface area (Å²) in [6.07, 6.45) is -1.02. The first-order valence-corrected chi connectivity index (χ1v) is 9.32. The third kappa shape index (κ3) is 4.71. The maximum absolute atomic E-state index is 12.6. The Morgan fingerprint density at radius 3 is 2.36 bits per heavy atom. The molecule has 0 radical (unpaired) electrons. The minimum Gasteiger partial charge on any atom is -0.449 e.